The second-order valence-corrected chi connectivity index (χ2v) is 4.05. The Kier molecular flexibility index (Phi) is 3.00. The summed E-state index contributed by atoms with van der Waals surface area (Å²) in [5.41, 5.74) is 7.96. The molecule has 2 aromatic rings. The molecule has 0 fully saturated rings. The number of nitrogens with two attached hydrogens (primary N) is 1. The van der Waals surface area contributed by atoms with Crippen LogP contribution in [0.15, 0.2) is 36.4 Å². The number of benzene rings is 2. The summed E-state index contributed by atoms with van der Waals surface area (Å²) in [5, 5.41) is 0. The third-order valence-corrected chi connectivity index (χ3v) is 2.54. The summed E-state index contributed by atoms with van der Waals surface area (Å²) in [6.07, 6.45) is 0. The molecule has 0 radical (unpaired) electrons. The van der Waals surface area contributed by atoms with Crippen LogP contribution in [0.2, 0.25) is 0 Å². The first kappa shape index (κ1) is 11.5. The van der Waals surface area contributed by atoms with Gasteiger partial charge in [-0.2, -0.15) is 0 Å². The Balaban J connectivity index is 2.31. The molecule has 3 heteroatoms. The molecule has 0 amide bonds. The third-order valence-electron chi connectivity index (χ3n) is 2.54. The largest absolute Gasteiger partial charge is 0.455 e. The van der Waals surface area contributed by atoms with Gasteiger partial charge in [0.15, 0.2) is 5.75 Å². The van der Waals surface area contributed by atoms with Gasteiger partial charge in [-0.15, -0.1) is 0 Å². The van der Waals surface area contributed by atoms with Gasteiger partial charge < -0.3 is 10.5 Å². The van der Waals surface area contributed by atoms with Gasteiger partial charge in [-0.3, -0.25) is 0 Å². The summed E-state index contributed by atoms with van der Waals surface area (Å²) in [7, 11) is 0. The molecule has 0 heterocycles. The van der Waals surface area contributed by atoms with Crippen molar-refractivity contribution in [1.82, 2.24) is 0 Å². The lowest BCUT2D eigenvalue weighted by molar-refractivity contribution is 0.478. The standard InChI is InChI=1S/C14H14FNO/c1-9-3-6-13(16)14(7-9)17-11-5-4-10(2)12(15)8-11/h3-8H,16H2,1-2H3. The van der Waals surface area contributed by atoms with Crippen molar-refractivity contribution in [1.29, 1.82) is 0 Å². The quantitative estimate of drug-likeness (QED) is 0.797. The highest BCUT2D eigenvalue weighted by atomic mass is 19.1. The fourth-order valence-electron chi connectivity index (χ4n) is 1.49. The molecule has 0 bridgehead atoms. The molecule has 2 nitrogen and oxygen atoms in total. The van der Waals surface area contributed by atoms with Crippen LogP contribution in [-0.2, 0) is 0 Å². The highest BCUT2D eigenvalue weighted by Gasteiger charge is 2.04. The highest BCUT2D eigenvalue weighted by molar-refractivity contribution is 5.55. The van der Waals surface area contributed by atoms with Crippen LogP contribution >= 0.6 is 0 Å². The van der Waals surface area contributed by atoms with E-state index in [1.165, 1.54) is 6.07 Å². The van der Waals surface area contributed by atoms with Gasteiger partial charge in [-0.25, -0.2) is 4.39 Å². The van der Waals surface area contributed by atoms with Crippen LogP contribution in [0.25, 0.3) is 0 Å². The molecule has 88 valence electrons. The number of hydrogen-bond acceptors (Lipinski definition) is 2. The van der Waals surface area contributed by atoms with Crippen molar-refractivity contribution < 1.29 is 9.13 Å². The predicted octanol–water partition coefficient (Wildman–Crippen LogP) is 3.82. The maximum absolute atomic E-state index is 13.4. The zero-order chi connectivity index (χ0) is 12.4. The molecule has 17 heavy (non-hydrogen) atoms. The van der Waals surface area contributed by atoms with E-state index >= 15 is 0 Å². The van der Waals surface area contributed by atoms with E-state index in [1.807, 2.05) is 19.1 Å². The molecule has 0 spiro atoms. The van der Waals surface area contributed by atoms with Crippen LogP contribution in [0.5, 0.6) is 11.5 Å². The maximum atomic E-state index is 13.4. The normalized spacial score (nSPS) is 10.3. The molecule has 0 aliphatic heterocycles. The van der Waals surface area contributed by atoms with Crippen LogP contribution in [-0.4, -0.2) is 0 Å². The van der Waals surface area contributed by atoms with E-state index in [0.29, 0.717) is 22.7 Å². The van der Waals surface area contributed by atoms with Gasteiger partial charge in [0, 0.05) is 6.07 Å². The zero-order valence-corrected chi connectivity index (χ0v) is 9.83. The first-order valence-corrected chi connectivity index (χ1v) is 5.36. The van der Waals surface area contributed by atoms with Gasteiger partial charge in [0.1, 0.15) is 11.6 Å². The number of rotatable bonds is 2. The van der Waals surface area contributed by atoms with Gasteiger partial charge in [0.05, 0.1) is 5.69 Å². The summed E-state index contributed by atoms with van der Waals surface area (Å²) in [6.45, 7) is 3.65. The molecule has 0 atom stereocenters. The van der Waals surface area contributed by atoms with E-state index in [2.05, 4.69) is 0 Å². The Labute approximate surface area is 99.8 Å². The minimum atomic E-state index is -0.284. The Morgan fingerprint density at radius 2 is 1.82 bits per heavy atom. The fourth-order valence-corrected chi connectivity index (χ4v) is 1.49. The minimum absolute atomic E-state index is 0.284. The Morgan fingerprint density at radius 3 is 2.53 bits per heavy atom. The van der Waals surface area contributed by atoms with Gasteiger partial charge in [0.2, 0.25) is 0 Å². The topological polar surface area (TPSA) is 35.2 Å². The molecule has 0 aromatic heterocycles. The van der Waals surface area contributed by atoms with Crippen LogP contribution in [0.4, 0.5) is 10.1 Å². The van der Waals surface area contributed by atoms with Gasteiger partial charge in [-0.1, -0.05) is 12.1 Å². The Hall–Kier alpha value is -2.03. The molecule has 0 aliphatic carbocycles. The van der Waals surface area contributed by atoms with E-state index < -0.39 is 0 Å². The van der Waals surface area contributed by atoms with Crippen molar-refractivity contribution in [2.24, 2.45) is 0 Å². The summed E-state index contributed by atoms with van der Waals surface area (Å²) in [4.78, 5) is 0. The van der Waals surface area contributed by atoms with Gasteiger partial charge in [0.25, 0.3) is 0 Å². The third kappa shape index (κ3) is 2.56. The number of anilines is 1. The average Bonchev–Trinajstić information content (AvgIpc) is 2.29. The van der Waals surface area contributed by atoms with E-state index in [9.17, 15) is 4.39 Å². The van der Waals surface area contributed by atoms with E-state index in [-0.39, 0.29) is 5.82 Å². The lowest BCUT2D eigenvalue weighted by Crippen LogP contribution is -1.93. The first-order chi connectivity index (χ1) is 8.06. The molecule has 0 aliphatic rings. The molecule has 2 aromatic carbocycles. The maximum Gasteiger partial charge on any atom is 0.150 e. The second kappa shape index (κ2) is 4.45. The van der Waals surface area contributed by atoms with E-state index in [0.717, 1.165) is 5.56 Å². The smallest absolute Gasteiger partial charge is 0.150 e. The number of nitrogen functional groups attached to an aromatic ring is 1. The van der Waals surface area contributed by atoms with Crippen molar-refractivity contribution in [3.63, 3.8) is 0 Å². The average molecular weight is 231 g/mol. The van der Waals surface area contributed by atoms with Crippen molar-refractivity contribution >= 4 is 5.69 Å². The lowest BCUT2D eigenvalue weighted by Gasteiger charge is -2.09. The zero-order valence-electron chi connectivity index (χ0n) is 9.83. The van der Waals surface area contributed by atoms with Gasteiger partial charge >= 0.3 is 0 Å². The molecule has 0 saturated heterocycles. The van der Waals surface area contributed by atoms with Crippen LogP contribution in [0.3, 0.4) is 0 Å². The molecule has 0 unspecified atom stereocenters. The first-order valence-electron chi connectivity index (χ1n) is 5.36. The van der Waals surface area contributed by atoms with E-state index in [1.54, 1.807) is 25.1 Å². The number of aryl methyl sites for hydroxylation is 2. The highest BCUT2D eigenvalue weighted by Crippen LogP contribution is 2.29. The summed E-state index contributed by atoms with van der Waals surface area (Å²) >= 11 is 0. The summed E-state index contributed by atoms with van der Waals surface area (Å²) < 4.78 is 18.9. The fraction of sp³-hybridized carbons (Fsp3) is 0.143. The summed E-state index contributed by atoms with van der Waals surface area (Å²) in [6, 6.07) is 10.3. The number of ether oxygens (including phenoxy) is 1. The lowest BCUT2D eigenvalue weighted by atomic mass is 10.2. The molecular weight excluding hydrogens is 217 g/mol. The van der Waals surface area contributed by atoms with Crippen molar-refractivity contribution in [2.45, 2.75) is 13.8 Å². The molecule has 2 rings (SSSR count). The predicted molar refractivity (Wildman–Crippen MR) is 66.8 cm³/mol. The van der Waals surface area contributed by atoms with E-state index in [4.69, 9.17) is 10.5 Å². The van der Waals surface area contributed by atoms with Crippen molar-refractivity contribution in [3.8, 4) is 11.5 Å². The minimum Gasteiger partial charge on any atom is -0.455 e. The molecule has 0 saturated carbocycles. The Bertz CT molecular complexity index is 552. The van der Waals surface area contributed by atoms with Crippen LogP contribution < -0.4 is 10.5 Å². The van der Waals surface area contributed by atoms with Gasteiger partial charge in [-0.05, 0) is 43.2 Å². The molecule has 2 N–H and O–H groups in total. The number of halogens is 1. The SMILES string of the molecule is Cc1ccc(N)c(Oc2ccc(C)c(F)c2)c1. The van der Waals surface area contributed by atoms with Crippen molar-refractivity contribution in [2.75, 3.05) is 5.73 Å². The van der Waals surface area contributed by atoms with Crippen LogP contribution in [0, 0.1) is 19.7 Å². The van der Waals surface area contributed by atoms with Crippen LogP contribution in [0.1, 0.15) is 11.1 Å². The number of hydrogen-bond donors (Lipinski definition) is 1. The summed E-state index contributed by atoms with van der Waals surface area (Å²) in [5.74, 6) is 0.715. The monoisotopic (exact) mass is 231 g/mol. The van der Waals surface area contributed by atoms with Crippen molar-refractivity contribution in [3.05, 3.63) is 53.3 Å². The second-order valence-electron chi connectivity index (χ2n) is 4.05. The molecular formula is C14H14FNO. The Morgan fingerprint density at radius 1 is 1.06 bits per heavy atom.